The summed E-state index contributed by atoms with van der Waals surface area (Å²) in [6, 6.07) is 12.0. The molecule has 7 heteroatoms. The minimum absolute atomic E-state index is 0.0899. The number of methoxy groups -OCH3 is 2. The molecule has 0 radical (unpaired) electrons. The molecule has 1 atom stereocenters. The normalized spacial score (nSPS) is 11.4. The van der Waals surface area contributed by atoms with E-state index >= 15 is 0 Å². The molecule has 0 aliphatic heterocycles. The van der Waals surface area contributed by atoms with Crippen LogP contribution in [-0.2, 0) is 9.53 Å². The van der Waals surface area contributed by atoms with Crippen LogP contribution in [0.25, 0.3) is 0 Å². The zero-order valence-electron chi connectivity index (χ0n) is 12.7. The van der Waals surface area contributed by atoms with Crippen LogP contribution in [0, 0.1) is 10.1 Å². The number of hydrogen-bond acceptors (Lipinski definition) is 6. The number of carbonyl (C=O) groups is 1. The molecule has 1 N–H and O–H groups in total. The van der Waals surface area contributed by atoms with Gasteiger partial charge in [0.25, 0.3) is 5.69 Å². The summed E-state index contributed by atoms with van der Waals surface area (Å²) < 4.78 is 9.86. The first-order valence-corrected chi connectivity index (χ1v) is 6.78. The topological polar surface area (TPSA) is 90.7 Å². The van der Waals surface area contributed by atoms with Gasteiger partial charge in [0.2, 0.25) is 0 Å². The molecule has 0 heterocycles. The molecule has 0 fully saturated rings. The molecule has 2 aromatic carbocycles. The van der Waals surface area contributed by atoms with Gasteiger partial charge in [0, 0.05) is 17.8 Å². The maximum absolute atomic E-state index is 12.0. The molecule has 7 nitrogen and oxygen atoms in total. The maximum atomic E-state index is 12.0. The summed E-state index contributed by atoms with van der Waals surface area (Å²) in [5, 5.41) is 13.9. The van der Waals surface area contributed by atoms with Crippen LogP contribution in [-0.4, -0.2) is 25.1 Å². The number of nitrogens with zero attached hydrogens (tertiary/aromatic N) is 1. The molecule has 0 saturated heterocycles. The molecule has 0 saturated carbocycles. The van der Waals surface area contributed by atoms with Crippen molar-refractivity contribution in [3.05, 3.63) is 64.2 Å². The third-order valence-electron chi connectivity index (χ3n) is 3.25. The Balaban J connectivity index is 2.31. The van der Waals surface area contributed by atoms with Gasteiger partial charge in [-0.05, 0) is 29.8 Å². The van der Waals surface area contributed by atoms with Gasteiger partial charge in [-0.25, -0.2) is 4.79 Å². The number of non-ortho nitro benzene ring substituents is 1. The zero-order valence-corrected chi connectivity index (χ0v) is 12.7. The summed E-state index contributed by atoms with van der Waals surface area (Å²) in [6.07, 6.45) is 0. The Morgan fingerprint density at radius 2 is 1.87 bits per heavy atom. The zero-order chi connectivity index (χ0) is 16.8. The van der Waals surface area contributed by atoms with E-state index in [1.165, 1.54) is 25.3 Å². The Morgan fingerprint density at radius 3 is 2.43 bits per heavy atom. The highest BCUT2D eigenvalue weighted by Gasteiger charge is 2.23. The van der Waals surface area contributed by atoms with Crippen LogP contribution in [0.2, 0.25) is 0 Å². The van der Waals surface area contributed by atoms with Crippen LogP contribution in [0.3, 0.4) is 0 Å². The van der Waals surface area contributed by atoms with Crippen LogP contribution in [0.5, 0.6) is 5.75 Å². The number of nitrogens with one attached hydrogen (secondary N) is 1. The number of rotatable bonds is 6. The number of hydrogen-bond donors (Lipinski definition) is 1. The Kier molecular flexibility index (Phi) is 5.14. The summed E-state index contributed by atoms with van der Waals surface area (Å²) in [4.78, 5) is 22.4. The molecule has 120 valence electrons. The number of ether oxygens (including phenoxy) is 2. The number of carbonyl (C=O) groups excluding carboxylic acids is 1. The van der Waals surface area contributed by atoms with Crippen molar-refractivity contribution in [3.63, 3.8) is 0 Å². The Labute approximate surface area is 133 Å². The Hall–Kier alpha value is -3.09. The van der Waals surface area contributed by atoms with Crippen molar-refractivity contribution in [1.82, 2.24) is 0 Å². The van der Waals surface area contributed by atoms with Crippen LogP contribution in [0.15, 0.2) is 48.5 Å². The van der Waals surface area contributed by atoms with E-state index in [-0.39, 0.29) is 5.69 Å². The summed E-state index contributed by atoms with van der Waals surface area (Å²) in [7, 11) is 2.82. The smallest absolute Gasteiger partial charge is 0.332 e. The maximum Gasteiger partial charge on any atom is 0.332 e. The molecule has 0 amide bonds. The summed E-state index contributed by atoms with van der Waals surface area (Å²) in [5.41, 5.74) is 1.02. The molecule has 0 spiro atoms. The van der Waals surface area contributed by atoms with Gasteiger partial charge in [0.15, 0.2) is 6.04 Å². The lowest BCUT2D eigenvalue weighted by molar-refractivity contribution is -0.384. The average molecular weight is 316 g/mol. The molecule has 2 rings (SSSR count). The number of benzene rings is 2. The van der Waals surface area contributed by atoms with Crippen LogP contribution < -0.4 is 10.1 Å². The quantitative estimate of drug-likeness (QED) is 0.500. The number of nitro benzene ring substituents is 1. The standard InChI is InChI=1S/C16H16N2O5/c1-22-14-8-6-12(7-9-14)17-15(16(19)23-2)11-4-3-5-13(10-11)18(20)21/h3-10,15,17H,1-2H3. The molecule has 23 heavy (non-hydrogen) atoms. The fourth-order valence-corrected chi connectivity index (χ4v) is 2.07. The molecule has 0 aliphatic rings. The first-order chi connectivity index (χ1) is 11.0. The van der Waals surface area contributed by atoms with E-state index in [4.69, 9.17) is 9.47 Å². The van der Waals surface area contributed by atoms with E-state index < -0.39 is 16.9 Å². The van der Waals surface area contributed by atoms with Gasteiger partial charge in [-0.15, -0.1) is 0 Å². The van der Waals surface area contributed by atoms with Gasteiger partial charge in [0.05, 0.1) is 19.1 Å². The lowest BCUT2D eigenvalue weighted by atomic mass is 10.1. The minimum atomic E-state index is -0.853. The highest BCUT2D eigenvalue weighted by Crippen LogP contribution is 2.25. The molecular formula is C16H16N2O5. The fraction of sp³-hybridized carbons (Fsp3) is 0.188. The first kappa shape index (κ1) is 16.3. The molecule has 0 bridgehead atoms. The third kappa shape index (κ3) is 3.97. The van der Waals surface area contributed by atoms with E-state index in [1.807, 2.05) is 0 Å². The van der Waals surface area contributed by atoms with Crippen molar-refractivity contribution >= 4 is 17.3 Å². The lowest BCUT2D eigenvalue weighted by Crippen LogP contribution is -2.22. The van der Waals surface area contributed by atoms with Crippen molar-refractivity contribution in [2.75, 3.05) is 19.5 Å². The Morgan fingerprint density at radius 1 is 1.17 bits per heavy atom. The van der Waals surface area contributed by atoms with E-state index in [0.29, 0.717) is 17.0 Å². The number of anilines is 1. The van der Waals surface area contributed by atoms with Crippen LogP contribution in [0.1, 0.15) is 11.6 Å². The second-order valence-corrected chi connectivity index (χ2v) is 4.68. The minimum Gasteiger partial charge on any atom is -0.497 e. The lowest BCUT2D eigenvalue weighted by Gasteiger charge is -2.18. The van der Waals surface area contributed by atoms with Gasteiger partial charge in [-0.1, -0.05) is 12.1 Å². The van der Waals surface area contributed by atoms with Gasteiger partial charge >= 0.3 is 5.97 Å². The Bertz CT molecular complexity index is 700. The molecule has 0 aromatic heterocycles. The van der Waals surface area contributed by atoms with E-state index in [1.54, 1.807) is 37.4 Å². The highest BCUT2D eigenvalue weighted by atomic mass is 16.6. The molecule has 0 aliphatic carbocycles. The fourth-order valence-electron chi connectivity index (χ4n) is 2.07. The van der Waals surface area contributed by atoms with Crippen LogP contribution in [0.4, 0.5) is 11.4 Å². The second kappa shape index (κ2) is 7.26. The SMILES string of the molecule is COC(=O)C(Nc1ccc(OC)cc1)c1cccc([N+](=O)[O-])c1. The van der Waals surface area contributed by atoms with Gasteiger partial charge < -0.3 is 14.8 Å². The van der Waals surface area contributed by atoms with Gasteiger partial charge in [-0.3, -0.25) is 10.1 Å². The summed E-state index contributed by atoms with van der Waals surface area (Å²) in [6.45, 7) is 0. The third-order valence-corrected chi connectivity index (χ3v) is 3.25. The monoisotopic (exact) mass is 316 g/mol. The molecular weight excluding hydrogens is 300 g/mol. The van der Waals surface area contributed by atoms with Crippen molar-refractivity contribution in [2.24, 2.45) is 0 Å². The molecule has 1 unspecified atom stereocenters. The van der Waals surface area contributed by atoms with Gasteiger partial charge in [0.1, 0.15) is 5.75 Å². The van der Waals surface area contributed by atoms with Crippen molar-refractivity contribution in [1.29, 1.82) is 0 Å². The summed E-state index contributed by atoms with van der Waals surface area (Å²) in [5.74, 6) is 0.141. The van der Waals surface area contributed by atoms with E-state index in [0.717, 1.165) is 0 Å². The predicted molar refractivity (Wildman–Crippen MR) is 84.5 cm³/mol. The van der Waals surface area contributed by atoms with Crippen molar-refractivity contribution in [3.8, 4) is 5.75 Å². The predicted octanol–water partition coefficient (Wildman–Crippen LogP) is 2.93. The van der Waals surface area contributed by atoms with Crippen molar-refractivity contribution in [2.45, 2.75) is 6.04 Å². The van der Waals surface area contributed by atoms with Crippen LogP contribution >= 0.6 is 0 Å². The summed E-state index contributed by atoms with van der Waals surface area (Å²) >= 11 is 0. The van der Waals surface area contributed by atoms with Crippen molar-refractivity contribution < 1.29 is 19.2 Å². The van der Waals surface area contributed by atoms with E-state index in [9.17, 15) is 14.9 Å². The number of esters is 1. The second-order valence-electron chi connectivity index (χ2n) is 4.68. The van der Waals surface area contributed by atoms with Gasteiger partial charge in [-0.2, -0.15) is 0 Å². The average Bonchev–Trinajstić information content (AvgIpc) is 2.59. The first-order valence-electron chi connectivity index (χ1n) is 6.78. The number of nitro groups is 1. The largest absolute Gasteiger partial charge is 0.497 e. The molecule has 2 aromatic rings. The highest BCUT2D eigenvalue weighted by molar-refractivity contribution is 5.81. The van der Waals surface area contributed by atoms with E-state index in [2.05, 4.69) is 5.32 Å².